The molecule has 2 N–H and O–H groups in total. The second-order valence-corrected chi connectivity index (χ2v) is 5.18. The molecule has 0 bridgehead atoms. The fourth-order valence-corrected chi connectivity index (χ4v) is 2.33. The summed E-state index contributed by atoms with van der Waals surface area (Å²) in [6, 6.07) is 8.45. The topological polar surface area (TPSA) is 50.4 Å². The van der Waals surface area contributed by atoms with E-state index >= 15 is 0 Å². The Balaban J connectivity index is 1.80. The lowest BCUT2D eigenvalue weighted by Crippen LogP contribution is -2.49. The molecule has 1 aromatic carbocycles. The normalized spacial score (nSPS) is 22.8. The highest BCUT2D eigenvalue weighted by molar-refractivity contribution is 5.78. The number of piperidine rings is 1. The number of hydrogen-bond donors (Lipinski definition) is 2. The highest BCUT2D eigenvalue weighted by atomic mass is 16.5. The number of nitrogens with one attached hydrogen (secondary N) is 2. The van der Waals surface area contributed by atoms with Crippen LogP contribution in [0, 0.1) is 0 Å². The van der Waals surface area contributed by atoms with Gasteiger partial charge in [-0.15, -0.1) is 0 Å². The molecule has 1 aliphatic rings. The van der Waals surface area contributed by atoms with Crippen LogP contribution in [0.5, 0.6) is 5.75 Å². The third-order valence-corrected chi connectivity index (χ3v) is 3.55. The molecule has 1 aromatic rings. The average Bonchev–Trinajstić information content (AvgIpc) is 2.42. The fourth-order valence-electron chi connectivity index (χ4n) is 2.33. The number of amides is 1. The Hall–Kier alpha value is -1.55. The SMILES string of the molecule is COc1ccc(CC(=O)NC2CCC(C)NC2)cc1. The van der Waals surface area contributed by atoms with Gasteiger partial charge in [0.15, 0.2) is 0 Å². The van der Waals surface area contributed by atoms with Crippen molar-refractivity contribution in [3.05, 3.63) is 29.8 Å². The summed E-state index contributed by atoms with van der Waals surface area (Å²) in [6.07, 6.45) is 2.60. The van der Waals surface area contributed by atoms with Gasteiger partial charge in [-0.25, -0.2) is 0 Å². The van der Waals surface area contributed by atoms with Crippen LogP contribution in [-0.4, -0.2) is 31.6 Å². The number of rotatable bonds is 4. The highest BCUT2D eigenvalue weighted by Gasteiger charge is 2.18. The predicted molar refractivity (Wildman–Crippen MR) is 75.3 cm³/mol. The van der Waals surface area contributed by atoms with Crippen molar-refractivity contribution in [2.75, 3.05) is 13.7 Å². The second-order valence-electron chi connectivity index (χ2n) is 5.18. The van der Waals surface area contributed by atoms with Crippen LogP contribution in [0.25, 0.3) is 0 Å². The predicted octanol–water partition coefficient (Wildman–Crippen LogP) is 1.49. The first-order valence-corrected chi connectivity index (χ1v) is 6.83. The van der Waals surface area contributed by atoms with E-state index in [0.29, 0.717) is 12.5 Å². The standard InChI is InChI=1S/C15H22N2O2/c1-11-3-6-13(10-16-11)17-15(18)9-12-4-7-14(19-2)8-5-12/h4-5,7-8,11,13,16H,3,6,9-10H2,1-2H3,(H,17,18). The summed E-state index contributed by atoms with van der Waals surface area (Å²) in [6.45, 7) is 3.05. The van der Waals surface area contributed by atoms with Crippen molar-refractivity contribution in [2.45, 2.75) is 38.3 Å². The van der Waals surface area contributed by atoms with Gasteiger partial charge in [-0.2, -0.15) is 0 Å². The number of carbonyl (C=O) groups is 1. The summed E-state index contributed by atoms with van der Waals surface area (Å²) >= 11 is 0. The highest BCUT2D eigenvalue weighted by Crippen LogP contribution is 2.12. The van der Waals surface area contributed by atoms with Gasteiger partial charge < -0.3 is 15.4 Å². The summed E-state index contributed by atoms with van der Waals surface area (Å²) in [5.41, 5.74) is 1.01. The van der Waals surface area contributed by atoms with Crippen molar-refractivity contribution in [3.8, 4) is 5.75 Å². The van der Waals surface area contributed by atoms with Crippen molar-refractivity contribution in [2.24, 2.45) is 0 Å². The Morgan fingerprint density at radius 1 is 1.37 bits per heavy atom. The number of benzene rings is 1. The molecule has 2 atom stereocenters. The Labute approximate surface area is 114 Å². The van der Waals surface area contributed by atoms with Crippen LogP contribution in [0.4, 0.5) is 0 Å². The Morgan fingerprint density at radius 2 is 2.11 bits per heavy atom. The molecule has 2 unspecified atom stereocenters. The maximum atomic E-state index is 11.9. The van der Waals surface area contributed by atoms with E-state index < -0.39 is 0 Å². The van der Waals surface area contributed by atoms with Crippen LogP contribution in [0.2, 0.25) is 0 Å². The first-order chi connectivity index (χ1) is 9.17. The van der Waals surface area contributed by atoms with E-state index in [0.717, 1.165) is 30.7 Å². The molecular formula is C15H22N2O2. The van der Waals surface area contributed by atoms with Crippen molar-refractivity contribution in [1.29, 1.82) is 0 Å². The molecule has 1 aliphatic heterocycles. The van der Waals surface area contributed by atoms with E-state index in [4.69, 9.17) is 4.74 Å². The number of methoxy groups -OCH3 is 1. The molecule has 104 valence electrons. The molecule has 1 fully saturated rings. The van der Waals surface area contributed by atoms with Gasteiger partial charge >= 0.3 is 0 Å². The molecule has 0 saturated carbocycles. The minimum Gasteiger partial charge on any atom is -0.497 e. The fraction of sp³-hybridized carbons (Fsp3) is 0.533. The van der Waals surface area contributed by atoms with E-state index in [1.54, 1.807) is 7.11 Å². The zero-order valence-corrected chi connectivity index (χ0v) is 11.6. The molecule has 1 heterocycles. The van der Waals surface area contributed by atoms with Crippen molar-refractivity contribution in [3.63, 3.8) is 0 Å². The van der Waals surface area contributed by atoms with E-state index in [9.17, 15) is 4.79 Å². The van der Waals surface area contributed by atoms with Crippen molar-refractivity contribution >= 4 is 5.91 Å². The van der Waals surface area contributed by atoms with Crippen molar-refractivity contribution in [1.82, 2.24) is 10.6 Å². The number of carbonyl (C=O) groups excluding carboxylic acids is 1. The van der Waals surface area contributed by atoms with Gasteiger partial charge in [0.2, 0.25) is 5.91 Å². The monoisotopic (exact) mass is 262 g/mol. The van der Waals surface area contributed by atoms with Gasteiger partial charge in [0, 0.05) is 18.6 Å². The van der Waals surface area contributed by atoms with E-state index in [1.807, 2.05) is 24.3 Å². The molecule has 2 rings (SSSR count). The van der Waals surface area contributed by atoms with Crippen LogP contribution < -0.4 is 15.4 Å². The first-order valence-electron chi connectivity index (χ1n) is 6.83. The maximum absolute atomic E-state index is 11.9. The van der Waals surface area contributed by atoms with Gasteiger partial charge in [-0.3, -0.25) is 4.79 Å². The molecule has 1 saturated heterocycles. The van der Waals surface area contributed by atoms with Gasteiger partial charge in [-0.1, -0.05) is 12.1 Å². The third-order valence-electron chi connectivity index (χ3n) is 3.55. The van der Waals surface area contributed by atoms with Gasteiger partial charge in [0.25, 0.3) is 0 Å². The van der Waals surface area contributed by atoms with Crippen LogP contribution in [0.3, 0.4) is 0 Å². The first kappa shape index (κ1) is 13.9. The summed E-state index contributed by atoms with van der Waals surface area (Å²) in [5.74, 6) is 0.904. The molecule has 4 nitrogen and oxygen atoms in total. The molecule has 19 heavy (non-hydrogen) atoms. The number of hydrogen-bond acceptors (Lipinski definition) is 3. The number of ether oxygens (including phenoxy) is 1. The van der Waals surface area contributed by atoms with E-state index in [1.165, 1.54) is 0 Å². The molecule has 0 aliphatic carbocycles. The molecule has 4 heteroatoms. The lowest BCUT2D eigenvalue weighted by Gasteiger charge is -2.28. The maximum Gasteiger partial charge on any atom is 0.224 e. The minimum atomic E-state index is 0.0894. The van der Waals surface area contributed by atoms with Gasteiger partial charge in [-0.05, 0) is 37.5 Å². The summed E-state index contributed by atoms with van der Waals surface area (Å²) in [4.78, 5) is 11.9. The summed E-state index contributed by atoms with van der Waals surface area (Å²) in [7, 11) is 1.64. The van der Waals surface area contributed by atoms with Crippen molar-refractivity contribution < 1.29 is 9.53 Å². The molecule has 0 aromatic heterocycles. The van der Waals surface area contributed by atoms with E-state index in [2.05, 4.69) is 17.6 Å². The molecule has 1 amide bonds. The second kappa shape index (κ2) is 6.57. The summed E-state index contributed by atoms with van der Waals surface area (Å²) in [5, 5.41) is 6.47. The Bertz CT molecular complexity index is 409. The largest absolute Gasteiger partial charge is 0.497 e. The Kier molecular flexibility index (Phi) is 4.80. The van der Waals surface area contributed by atoms with Gasteiger partial charge in [0.1, 0.15) is 5.75 Å². The molecule has 0 radical (unpaired) electrons. The smallest absolute Gasteiger partial charge is 0.224 e. The van der Waals surface area contributed by atoms with Crippen LogP contribution >= 0.6 is 0 Å². The quantitative estimate of drug-likeness (QED) is 0.864. The van der Waals surface area contributed by atoms with Crippen LogP contribution in [0.15, 0.2) is 24.3 Å². The molecular weight excluding hydrogens is 240 g/mol. The zero-order chi connectivity index (χ0) is 13.7. The average molecular weight is 262 g/mol. The van der Waals surface area contributed by atoms with Crippen LogP contribution in [-0.2, 0) is 11.2 Å². The lowest BCUT2D eigenvalue weighted by atomic mass is 10.0. The Morgan fingerprint density at radius 3 is 2.68 bits per heavy atom. The molecule has 0 spiro atoms. The third kappa shape index (κ3) is 4.24. The zero-order valence-electron chi connectivity index (χ0n) is 11.6. The van der Waals surface area contributed by atoms with Gasteiger partial charge in [0.05, 0.1) is 13.5 Å². The summed E-state index contributed by atoms with van der Waals surface area (Å²) < 4.78 is 5.10. The van der Waals surface area contributed by atoms with Crippen LogP contribution in [0.1, 0.15) is 25.3 Å². The minimum absolute atomic E-state index is 0.0894. The lowest BCUT2D eigenvalue weighted by molar-refractivity contribution is -0.121. The van der Waals surface area contributed by atoms with E-state index in [-0.39, 0.29) is 11.9 Å².